The maximum Gasteiger partial charge on any atom is 0.267 e. The van der Waals surface area contributed by atoms with Gasteiger partial charge >= 0.3 is 0 Å². The number of carbonyl (C=O) groups excluding carboxylic acids is 1. The van der Waals surface area contributed by atoms with E-state index in [4.69, 9.17) is 0 Å². The second kappa shape index (κ2) is 13.9. The third kappa shape index (κ3) is 7.17. The number of aliphatic hydroxyl groups excluding tert-OH is 1. The number of benzene rings is 2. The number of halogens is 2. The molecule has 2 heterocycles. The van der Waals surface area contributed by atoms with Crippen LogP contribution in [0.25, 0.3) is 31.4 Å². The Morgan fingerprint density at radius 1 is 0.913 bits per heavy atom. The molecule has 0 fully saturated rings. The number of nitrogens with zero attached hydrogens (tertiary/aromatic N) is 1. The van der Waals surface area contributed by atoms with Gasteiger partial charge in [-0.1, -0.05) is 74.8 Å². The van der Waals surface area contributed by atoms with Crippen LogP contribution in [0.1, 0.15) is 110 Å². The second-order valence-corrected chi connectivity index (χ2v) is 15.4. The zero-order chi connectivity index (χ0) is 33.5. The molecule has 46 heavy (non-hydrogen) atoms. The molecule has 0 bridgehead atoms. The average molecular weight is 825 g/mol. The maximum atomic E-state index is 15.9. The molecule has 1 aliphatic carbocycles. The fourth-order valence-corrected chi connectivity index (χ4v) is 7.12. The second-order valence-electron chi connectivity index (χ2n) is 14.3. The van der Waals surface area contributed by atoms with Crippen molar-refractivity contribution in [1.29, 1.82) is 0 Å². The summed E-state index contributed by atoms with van der Waals surface area (Å²) in [5, 5.41) is 11.6. The van der Waals surface area contributed by atoms with Crippen LogP contribution in [0.15, 0.2) is 48.4 Å². The fraction of sp³-hybridized carbons (Fsp3) is 0.487. The molecule has 0 saturated carbocycles. The Hall–Kier alpha value is -2.47. The Morgan fingerprint density at radius 2 is 1.52 bits per heavy atom. The first-order chi connectivity index (χ1) is 20.9. The van der Waals surface area contributed by atoms with Crippen LogP contribution in [-0.2, 0) is 37.2 Å². The van der Waals surface area contributed by atoms with Gasteiger partial charge in [0, 0.05) is 63.6 Å². The molecule has 3 nitrogen and oxygen atoms in total. The van der Waals surface area contributed by atoms with Crippen LogP contribution < -0.4 is 0 Å². The van der Waals surface area contributed by atoms with Crippen LogP contribution in [-0.4, -0.2) is 15.9 Å². The molecule has 0 unspecified atom stereocenters. The first-order valence-corrected chi connectivity index (χ1v) is 17.0. The quantitative estimate of drug-likeness (QED) is 0.109. The summed E-state index contributed by atoms with van der Waals surface area (Å²) in [5.74, 6) is -2.81. The van der Waals surface area contributed by atoms with E-state index in [0.29, 0.717) is 16.6 Å². The number of hydrogen-bond acceptors (Lipinski definition) is 4. The predicted octanol–water partition coefficient (Wildman–Crippen LogP) is 11.9. The van der Waals surface area contributed by atoms with Crippen LogP contribution in [0.2, 0.25) is 0 Å². The van der Waals surface area contributed by atoms with E-state index in [2.05, 4.69) is 37.9 Å². The van der Waals surface area contributed by atoms with Gasteiger partial charge in [0.1, 0.15) is 5.76 Å². The van der Waals surface area contributed by atoms with Gasteiger partial charge in [-0.05, 0) is 72.4 Å². The van der Waals surface area contributed by atoms with E-state index in [1.807, 2.05) is 54.5 Å². The van der Waals surface area contributed by atoms with Crippen molar-refractivity contribution in [3.63, 3.8) is 0 Å². The minimum Gasteiger partial charge on any atom is -0.512 e. The topological polar surface area (TPSA) is 50.2 Å². The number of aromatic nitrogens is 1. The van der Waals surface area contributed by atoms with Gasteiger partial charge in [0.15, 0.2) is 5.78 Å². The third-order valence-corrected chi connectivity index (χ3v) is 11.0. The molecule has 0 atom stereocenters. The molecule has 0 aliphatic heterocycles. The standard InChI is InChI=1S/C24H20F2NS.C15H28O2.Ir/c1-13-5-6-16-15(9-13)22-21-18(7-8-27-22)28-19-11-14(12-23(2,3)4)10-17(20(19)21)24(16,25)26;1-7-14(5,8-2)12(16)11-13(17)15(6,9-3)10-4;/h5-8,10-11H,12H2,1-4H3;11,16H,7-10H2,1-6H3;/q-1;;/b;12-11-;. The summed E-state index contributed by atoms with van der Waals surface area (Å²) >= 11 is 1.57. The van der Waals surface area contributed by atoms with Crippen LogP contribution in [0.5, 0.6) is 0 Å². The first kappa shape index (κ1) is 38.0. The van der Waals surface area contributed by atoms with Gasteiger partial charge in [-0.15, -0.1) is 40.7 Å². The molecule has 2 aromatic carbocycles. The molecule has 0 spiro atoms. The van der Waals surface area contributed by atoms with Crippen molar-refractivity contribution in [2.24, 2.45) is 16.2 Å². The van der Waals surface area contributed by atoms with Gasteiger partial charge in [0.25, 0.3) is 5.92 Å². The van der Waals surface area contributed by atoms with Crippen molar-refractivity contribution in [3.05, 3.63) is 76.7 Å². The molecule has 2 aromatic heterocycles. The number of carbonyl (C=O) groups is 1. The van der Waals surface area contributed by atoms with Gasteiger partial charge in [-0.25, -0.2) is 8.78 Å². The number of pyridine rings is 1. The summed E-state index contributed by atoms with van der Waals surface area (Å²) in [6.45, 7) is 20.4. The van der Waals surface area contributed by atoms with Crippen molar-refractivity contribution < 1.29 is 38.8 Å². The van der Waals surface area contributed by atoms with E-state index in [0.717, 1.165) is 58.0 Å². The molecule has 1 N–H and O–H groups in total. The number of ketones is 1. The van der Waals surface area contributed by atoms with E-state index in [1.165, 1.54) is 6.08 Å². The molecule has 4 aromatic rings. The van der Waals surface area contributed by atoms with Gasteiger partial charge in [-0.2, -0.15) is 0 Å². The molecule has 0 saturated heterocycles. The number of rotatable bonds is 8. The number of hydrogen-bond donors (Lipinski definition) is 1. The maximum absolute atomic E-state index is 15.9. The Morgan fingerprint density at radius 3 is 2.09 bits per heavy atom. The number of alkyl halides is 2. The monoisotopic (exact) mass is 825 g/mol. The third-order valence-electron chi connectivity index (χ3n) is 9.89. The SMILES string of the molecule is CCC(C)(CC)C(=O)/C=C(\O)C(C)(CC)CC.Cc1[c-]c2c(cc1)C(F)(F)c1cc(CC(C)(C)C)cc3sc4ccnc-2c4c13.[Ir]. The summed E-state index contributed by atoms with van der Waals surface area (Å²) in [5.41, 5.74) is 2.33. The van der Waals surface area contributed by atoms with Crippen LogP contribution in [0.3, 0.4) is 0 Å². The minimum atomic E-state index is -3.10. The number of aliphatic hydroxyl groups is 1. The summed E-state index contributed by atoms with van der Waals surface area (Å²) < 4.78 is 33.7. The molecule has 5 rings (SSSR count). The van der Waals surface area contributed by atoms with E-state index < -0.39 is 5.92 Å². The Kier molecular flexibility index (Phi) is 11.5. The zero-order valence-electron chi connectivity index (χ0n) is 28.9. The number of thiophene rings is 1. The van der Waals surface area contributed by atoms with Gasteiger partial charge in [0.2, 0.25) is 0 Å². The molecule has 0 amide bonds. The Balaban J connectivity index is 0.000000280. The summed E-state index contributed by atoms with van der Waals surface area (Å²) in [4.78, 5) is 16.7. The van der Waals surface area contributed by atoms with E-state index >= 15 is 8.78 Å². The molecule has 7 heteroatoms. The minimum absolute atomic E-state index is 0. The van der Waals surface area contributed by atoms with Crippen molar-refractivity contribution in [3.8, 4) is 11.3 Å². The zero-order valence-corrected chi connectivity index (χ0v) is 32.1. The fourth-order valence-electron chi connectivity index (χ4n) is 5.93. The molecule has 1 aliphatic rings. The normalized spacial score (nSPS) is 14.4. The van der Waals surface area contributed by atoms with Gasteiger partial charge in [0.05, 0.1) is 0 Å². The van der Waals surface area contributed by atoms with Crippen molar-refractivity contribution in [2.75, 3.05) is 0 Å². The largest absolute Gasteiger partial charge is 0.512 e. The Labute approximate surface area is 291 Å². The van der Waals surface area contributed by atoms with E-state index in [9.17, 15) is 9.90 Å². The summed E-state index contributed by atoms with van der Waals surface area (Å²) in [6, 6.07) is 12.1. The van der Waals surface area contributed by atoms with E-state index in [1.54, 1.807) is 35.7 Å². The molecular formula is C39H48F2IrNO2S-. The van der Waals surface area contributed by atoms with Crippen molar-refractivity contribution in [2.45, 2.75) is 107 Å². The first-order valence-electron chi connectivity index (χ1n) is 16.2. The van der Waals surface area contributed by atoms with Crippen LogP contribution >= 0.6 is 11.3 Å². The van der Waals surface area contributed by atoms with Crippen molar-refractivity contribution in [1.82, 2.24) is 4.98 Å². The number of fused-ring (bicyclic) bond motifs is 2. The summed E-state index contributed by atoms with van der Waals surface area (Å²) in [6.07, 6.45) is 7.22. The van der Waals surface area contributed by atoms with E-state index in [-0.39, 0.29) is 59.0 Å². The molecule has 1 radical (unpaired) electrons. The predicted molar refractivity (Wildman–Crippen MR) is 185 cm³/mol. The van der Waals surface area contributed by atoms with Gasteiger partial charge in [-0.3, -0.25) is 4.79 Å². The number of aryl methyl sites for hydroxylation is 1. The average Bonchev–Trinajstić information content (AvgIpc) is 3.34. The summed E-state index contributed by atoms with van der Waals surface area (Å²) in [7, 11) is 0. The van der Waals surface area contributed by atoms with Gasteiger partial charge < -0.3 is 10.1 Å². The van der Waals surface area contributed by atoms with Crippen LogP contribution in [0, 0.1) is 29.2 Å². The number of allylic oxidation sites excluding steroid dienone is 2. The Bertz CT molecular complexity index is 1760. The molecule has 251 valence electrons. The molecular weight excluding hydrogens is 777 g/mol. The van der Waals surface area contributed by atoms with Crippen molar-refractivity contribution >= 4 is 37.3 Å². The van der Waals surface area contributed by atoms with Crippen LogP contribution in [0.4, 0.5) is 8.78 Å². The smallest absolute Gasteiger partial charge is 0.267 e.